The van der Waals surface area contributed by atoms with Gasteiger partial charge in [0, 0.05) is 24.8 Å². The van der Waals surface area contributed by atoms with Gasteiger partial charge in [0.1, 0.15) is 0 Å². The van der Waals surface area contributed by atoms with Crippen LogP contribution < -0.4 is 0 Å². The van der Waals surface area contributed by atoms with E-state index >= 15 is 0 Å². The fraction of sp³-hybridized carbons (Fsp3) is 0.368. The Labute approximate surface area is 146 Å². The Bertz CT molecular complexity index is 792. The molecule has 6 heteroatoms. The Morgan fingerprint density at radius 1 is 1.24 bits per heavy atom. The van der Waals surface area contributed by atoms with Gasteiger partial charge in [0.15, 0.2) is 5.82 Å². The number of carbonyl (C=O) groups is 2. The second-order valence-electron chi connectivity index (χ2n) is 6.52. The highest BCUT2D eigenvalue weighted by molar-refractivity contribution is 5.95. The number of carboxylic acids is 1. The van der Waals surface area contributed by atoms with E-state index in [1.807, 2.05) is 37.3 Å². The summed E-state index contributed by atoms with van der Waals surface area (Å²) < 4.78 is 0. The molecule has 2 atom stereocenters. The highest BCUT2D eigenvalue weighted by Crippen LogP contribution is 2.25. The third-order valence-electron chi connectivity index (χ3n) is 4.75. The molecule has 1 amide bonds. The molecular formula is C19H21N3O3. The van der Waals surface area contributed by atoms with Gasteiger partial charge in [0.25, 0.3) is 5.91 Å². The van der Waals surface area contributed by atoms with E-state index < -0.39 is 5.97 Å². The van der Waals surface area contributed by atoms with Crippen LogP contribution in [0.25, 0.3) is 11.4 Å². The summed E-state index contributed by atoms with van der Waals surface area (Å²) in [5.74, 6) is -0.784. The van der Waals surface area contributed by atoms with Crippen molar-refractivity contribution < 1.29 is 14.7 Å². The monoisotopic (exact) mass is 339 g/mol. The minimum Gasteiger partial charge on any atom is -0.481 e. The number of carboxylic acid groups (broad SMARTS) is 1. The molecule has 6 nitrogen and oxygen atoms in total. The normalized spacial score (nSPS) is 20.3. The van der Waals surface area contributed by atoms with E-state index in [1.54, 1.807) is 18.0 Å². The molecule has 1 fully saturated rings. The summed E-state index contributed by atoms with van der Waals surface area (Å²) in [4.78, 5) is 34.5. The number of rotatable bonds is 3. The molecule has 0 spiro atoms. The molecule has 0 bridgehead atoms. The zero-order valence-corrected chi connectivity index (χ0v) is 14.3. The Kier molecular flexibility index (Phi) is 4.79. The average molecular weight is 339 g/mol. The topological polar surface area (TPSA) is 83.4 Å². The van der Waals surface area contributed by atoms with E-state index in [4.69, 9.17) is 0 Å². The molecule has 1 saturated heterocycles. The van der Waals surface area contributed by atoms with Crippen molar-refractivity contribution in [2.24, 2.45) is 11.8 Å². The maximum atomic E-state index is 12.8. The molecule has 3 rings (SSSR count). The molecule has 2 heterocycles. The Hall–Kier alpha value is -2.76. The lowest BCUT2D eigenvalue weighted by Crippen LogP contribution is -2.45. The lowest BCUT2D eigenvalue weighted by atomic mass is 9.87. The number of amides is 1. The van der Waals surface area contributed by atoms with Crippen LogP contribution in [0.15, 0.2) is 36.5 Å². The lowest BCUT2D eigenvalue weighted by Gasteiger charge is -2.35. The van der Waals surface area contributed by atoms with Crippen LogP contribution in [-0.2, 0) is 4.79 Å². The van der Waals surface area contributed by atoms with Gasteiger partial charge in [0.2, 0.25) is 0 Å². The summed E-state index contributed by atoms with van der Waals surface area (Å²) in [6.07, 6.45) is 2.05. The van der Waals surface area contributed by atoms with Crippen molar-refractivity contribution in [2.45, 2.75) is 20.3 Å². The van der Waals surface area contributed by atoms with E-state index in [0.29, 0.717) is 36.6 Å². The van der Waals surface area contributed by atoms with Crippen molar-refractivity contribution in [3.63, 3.8) is 0 Å². The van der Waals surface area contributed by atoms with Crippen molar-refractivity contribution in [1.82, 2.24) is 14.9 Å². The van der Waals surface area contributed by atoms with Gasteiger partial charge in [-0.2, -0.15) is 0 Å². The lowest BCUT2D eigenvalue weighted by molar-refractivity contribution is -0.145. The number of carbonyl (C=O) groups excluding carboxylic acids is 1. The van der Waals surface area contributed by atoms with Crippen molar-refractivity contribution in [3.8, 4) is 11.4 Å². The summed E-state index contributed by atoms with van der Waals surface area (Å²) in [5.41, 5.74) is 2.01. The SMILES string of the molecule is Cc1nc(-c2ccccc2)ncc1C(=O)N1CCC(C(=O)O)C(C)C1. The molecule has 2 unspecified atom stereocenters. The molecule has 130 valence electrons. The number of hydrogen-bond donors (Lipinski definition) is 1. The first-order valence-corrected chi connectivity index (χ1v) is 8.38. The van der Waals surface area contributed by atoms with Crippen molar-refractivity contribution in [2.75, 3.05) is 13.1 Å². The number of hydrogen-bond acceptors (Lipinski definition) is 4. The molecule has 25 heavy (non-hydrogen) atoms. The van der Waals surface area contributed by atoms with E-state index in [0.717, 1.165) is 5.56 Å². The fourth-order valence-electron chi connectivity index (χ4n) is 3.27. The Morgan fingerprint density at radius 2 is 1.96 bits per heavy atom. The molecule has 2 aromatic rings. The predicted octanol–water partition coefficient (Wildman–Crippen LogP) is 2.63. The zero-order chi connectivity index (χ0) is 18.0. The molecular weight excluding hydrogens is 318 g/mol. The largest absolute Gasteiger partial charge is 0.481 e. The first kappa shape index (κ1) is 17.1. The number of aromatic nitrogens is 2. The van der Waals surface area contributed by atoms with Crippen LogP contribution in [-0.4, -0.2) is 44.9 Å². The van der Waals surface area contributed by atoms with Gasteiger partial charge in [-0.05, 0) is 19.3 Å². The van der Waals surface area contributed by atoms with Crippen molar-refractivity contribution in [1.29, 1.82) is 0 Å². The maximum absolute atomic E-state index is 12.8. The van der Waals surface area contributed by atoms with Crippen molar-refractivity contribution >= 4 is 11.9 Å². The summed E-state index contributed by atoms with van der Waals surface area (Å²) in [5, 5.41) is 9.21. The first-order chi connectivity index (χ1) is 12.0. The van der Waals surface area contributed by atoms with E-state index in [9.17, 15) is 14.7 Å². The third kappa shape index (κ3) is 3.52. The second kappa shape index (κ2) is 7.01. The van der Waals surface area contributed by atoms with E-state index in [-0.39, 0.29) is 17.7 Å². The standard InChI is InChI=1S/C19H21N3O3/c1-12-11-22(9-8-15(12)19(24)25)18(23)16-10-20-17(21-13(16)2)14-6-4-3-5-7-14/h3-7,10,12,15H,8-9,11H2,1-2H3,(H,24,25). The highest BCUT2D eigenvalue weighted by Gasteiger charge is 2.33. The smallest absolute Gasteiger partial charge is 0.306 e. The summed E-state index contributed by atoms with van der Waals surface area (Å²) >= 11 is 0. The molecule has 0 saturated carbocycles. The van der Waals surface area contributed by atoms with Crippen LogP contribution in [0.2, 0.25) is 0 Å². The molecule has 1 aliphatic rings. The number of aryl methyl sites for hydroxylation is 1. The Morgan fingerprint density at radius 3 is 2.56 bits per heavy atom. The summed E-state index contributed by atoms with van der Waals surface area (Å²) in [6.45, 7) is 4.56. The quantitative estimate of drug-likeness (QED) is 0.929. The fourth-order valence-corrected chi connectivity index (χ4v) is 3.27. The molecule has 0 aliphatic carbocycles. The van der Waals surface area contributed by atoms with Crippen LogP contribution in [0.3, 0.4) is 0 Å². The van der Waals surface area contributed by atoms with Gasteiger partial charge < -0.3 is 10.0 Å². The second-order valence-corrected chi connectivity index (χ2v) is 6.52. The third-order valence-corrected chi connectivity index (χ3v) is 4.75. The molecule has 1 aliphatic heterocycles. The number of aliphatic carboxylic acids is 1. The van der Waals surface area contributed by atoms with E-state index in [2.05, 4.69) is 9.97 Å². The first-order valence-electron chi connectivity index (χ1n) is 8.38. The van der Waals surface area contributed by atoms with Gasteiger partial charge in [-0.1, -0.05) is 37.3 Å². The molecule has 1 N–H and O–H groups in total. The number of piperidine rings is 1. The van der Waals surface area contributed by atoms with Crippen LogP contribution in [0.5, 0.6) is 0 Å². The van der Waals surface area contributed by atoms with Crippen LogP contribution in [0.1, 0.15) is 29.4 Å². The number of nitrogens with zero attached hydrogens (tertiary/aromatic N) is 3. The number of benzene rings is 1. The van der Waals surface area contributed by atoms with Crippen LogP contribution >= 0.6 is 0 Å². The zero-order valence-electron chi connectivity index (χ0n) is 14.3. The van der Waals surface area contributed by atoms with Gasteiger partial charge in [-0.3, -0.25) is 9.59 Å². The minimum atomic E-state index is -0.786. The maximum Gasteiger partial charge on any atom is 0.306 e. The molecule has 1 aromatic carbocycles. The van der Waals surface area contributed by atoms with Gasteiger partial charge in [0.05, 0.1) is 17.2 Å². The predicted molar refractivity (Wildman–Crippen MR) is 93.0 cm³/mol. The number of likely N-dealkylation sites (tertiary alicyclic amines) is 1. The average Bonchev–Trinajstić information content (AvgIpc) is 2.61. The summed E-state index contributed by atoms with van der Waals surface area (Å²) in [6, 6.07) is 9.61. The van der Waals surface area contributed by atoms with Crippen molar-refractivity contribution in [3.05, 3.63) is 47.8 Å². The molecule has 1 aromatic heterocycles. The van der Waals surface area contributed by atoms with Gasteiger partial charge >= 0.3 is 5.97 Å². The van der Waals surface area contributed by atoms with Crippen LogP contribution in [0.4, 0.5) is 0 Å². The summed E-state index contributed by atoms with van der Waals surface area (Å²) in [7, 11) is 0. The van der Waals surface area contributed by atoms with Gasteiger partial charge in [-0.25, -0.2) is 9.97 Å². The molecule has 0 radical (unpaired) electrons. The highest BCUT2D eigenvalue weighted by atomic mass is 16.4. The van der Waals surface area contributed by atoms with Gasteiger partial charge in [-0.15, -0.1) is 0 Å². The minimum absolute atomic E-state index is 0.0694. The Balaban J connectivity index is 1.78. The van der Waals surface area contributed by atoms with Crippen LogP contribution in [0, 0.1) is 18.8 Å². The van der Waals surface area contributed by atoms with E-state index in [1.165, 1.54) is 0 Å².